The molecule has 0 unspecified atom stereocenters. The first-order valence-electron chi connectivity index (χ1n) is 7.56. The van der Waals surface area contributed by atoms with E-state index >= 15 is 0 Å². The van der Waals surface area contributed by atoms with Gasteiger partial charge in [0, 0.05) is 12.1 Å². The smallest absolute Gasteiger partial charge is 0.126 e. The molecule has 0 saturated heterocycles. The molecule has 2 N–H and O–H groups in total. The maximum atomic E-state index is 13.2. The number of ether oxygens (including phenoxy) is 1. The van der Waals surface area contributed by atoms with Gasteiger partial charge in [0.1, 0.15) is 23.8 Å². The third-order valence-corrected chi connectivity index (χ3v) is 4.25. The fourth-order valence-corrected chi connectivity index (χ4v) is 2.85. The molecule has 2 fully saturated rings. The highest BCUT2D eigenvalue weighted by atomic mass is 19.1. The maximum absolute atomic E-state index is 13.2. The SMILES string of the molecule is O[C@@H]1[C@@H](NCC2CC2)CCC[C@H]1Oc1cccc(F)c1. The minimum absolute atomic E-state index is 0.0999. The van der Waals surface area contributed by atoms with Crippen molar-refractivity contribution in [2.24, 2.45) is 5.92 Å². The lowest BCUT2D eigenvalue weighted by atomic mass is 9.89. The van der Waals surface area contributed by atoms with E-state index in [0.29, 0.717) is 5.75 Å². The summed E-state index contributed by atoms with van der Waals surface area (Å²) in [5.74, 6) is 0.986. The van der Waals surface area contributed by atoms with Crippen molar-refractivity contribution < 1.29 is 14.2 Å². The summed E-state index contributed by atoms with van der Waals surface area (Å²) in [6.07, 6.45) is 4.67. The summed E-state index contributed by atoms with van der Waals surface area (Å²) in [4.78, 5) is 0. The van der Waals surface area contributed by atoms with Crippen molar-refractivity contribution in [3.63, 3.8) is 0 Å². The van der Waals surface area contributed by atoms with Gasteiger partial charge in [-0.25, -0.2) is 4.39 Å². The Kier molecular flexibility index (Phi) is 4.22. The average Bonchev–Trinajstić information content (AvgIpc) is 3.24. The molecule has 20 heavy (non-hydrogen) atoms. The van der Waals surface area contributed by atoms with Crippen LogP contribution in [0.1, 0.15) is 32.1 Å². The fraction of sp³-hybridized carbons (Fsp3) is 0.625. The highest BCUT2D eigenvalue weighted by Crippen LogP contribution is 2.29. The molecule has 0 amide bonds. The predicted octanol–water partition coefficient (Wildman–Crippen LogP) is 2.49. The summed E-state index contributed by atoms with van der Waals surface area (Å²) in [5.41, 5.74) is 0. The van der Waals surface area contributed by atoms with Crippen molar-refractivity contribution in [3.05, 3.63) is 30.1 Å². The lowest BCUT2D eigenvalue weighted by molar-refractivity contribution is -0.0155. The van der Waals surface area contributed by atoms with Gasteiger partial charge in [0.05, 0.1) is 0 Å². The van der Waals surface area contributed by atoms with E-state index in [2.05, 4.69) is 5.32 Å². The largest absolute Gasteiger partial charge is 0.488 e. The predicted molar refractivity (Wildman–Crippen MR) is 75.2 cm³/mol. The molecular weight excluding hydrogens is 257 g/mol. The Labute approximate surface area is 119 Å². The Morgan fingerprint density at radius 3 is 2.85 bits per heavy atom. The minimum atomic E-state index is -0.522. The molecule has 1 aromatic rings. The molecule has 0 aliphatic heterocycles. The van der Waals surface area contributed by atoms with Gasteiger partial charge in [0.2, 0.25) is 0 Å². The number of hydrogen-bond acceptors (Lipinski definition) is 3. The molecule has 0 heterocycles. The number of nitrogens with one attached hydrogen (secondary N) is 1. The highest BCUT2D eigenvalue weighted by Gasteiger charge is 2.34. The van der Waals surface area contributed by atoms with E-state index in [1.54, 1.807) is 12.1 Å². The van der Waals surface area contributed by atoms with E-state index < -0.39 is 6.10 Å². The molecule has 3 rings (SSSR count). The number of hydrogen-bond donors (Lipinski definition) is 2. The monoisotopic (exact) mass is 279 g/mol. The Balaban J connectivity index is 1.57. The van der Waals surface area contributed by atoms with Gasteiger partial charge in [-0.05, 0) is 56.7 Å². The molecule has 0 bridgehead atoms. The van der Waals surface area contributed by atoms with Gasteiger partial charge >= 0.3 is 0 Å². The summed E-state index contributed by atoms with van der Waals surface area (Å²) >= 11 is 0. The van der Waals surface area contributed by atoms with E-state index in [9.17, 15) is 9.50 Å². The van der Waals surface area contributed by atoms with Gasteiger partial charge < -0.3 is 15.2 Å². The molecule has 0 aromatic heterocycles. The summed E-state index contributed by atoms with van der Waals surface area (Å²) in [6.45, 7) is 0.994. The second-order valence-electron chi connectivity index (χ2n) is 5.99. The Morgan fingerprint density at radius 1 is 1.25 bits per heavy atom. The van der Waals surface area contributed by atoms with Crippen LogP contribution in [0.2, 0.25) is 0 Å². The Bertz CT molecular complexity index is 450. The van der Waals surface area contributed by atoms with Gasteiger partial charge in [-0.15, -0.1) is 0 Å². The molecule has 0 spiro atoms. The van der Waals surface area contributed by atoms with Gasteiger partial charge in [0.15, 0.2) is 0 Å². The van der Waals surface area contributed by atoms with E-state index in [1.807, 2.05) is 0 Å². The molecule has 3 atom stereocenters. The first-order valence-corrected chi connectivity index (χ1v) is 7.56. The Hall–Kier alpha value is -1.13. The number of halogens is 1. The zero-order valence-corrected chi connectivity index (χ0v) is 11.6. The van der Waals surface area contributed by atoms with Crippen LogP contribution in [-0.2, 0) is 0 Å². The van der Waals surface area contributed by atoms with E-state index in [1.165, 1.54) is 25.0 Å². The minimum Gasteiger partial charge on any atom is -0.488 e. The maximum Gasteiger partial charge on any atom is 0.126 e. The van der Waals surface area contributed by atoms with E-state index in [-0.39, 0.29) is 18.0 Å². The van der Waals surface area contributed by atoms with Crippen LogP contribution in [0.3, 0.4) is 0 Å². The molecule has 2 saturated carbocycles. The van der Waals surface area contributed by atoms with Crippen molar-refractivity contribution in [1.29, 1.82) is 0 Å². The van der Waals surface area contributed by atoms with Crippen LogP contribution in [0, 0.1) is 11.7 Å². The first kappa shape index (κ1) is 13.8. The number of rotatable bonds is 5. The lowest BCUT2D eigenvalue weighted by Crippen LogP contribution is -2.51. The van der Waals surface area contributed by atoms with Crippen LogP contribution in [0.4, 0.5) is 4.39 Å². The van der Waals surface area contributed by atoms with Gasteiger partial charge in [-0.3, -0.25) is 0 Å². The molecule has 4 heteroatoms. The van der Waals surface area contributed by atoms with Crippen LogP contribution >= 0.6 is 0 Å². The van der Waals surface area contributed by atoms with Crippen molar-refractivity contribution >= 4 is 0 Å². The van der Waals surface area contributed by atoms with Crippen molar-refractivity contribution in [2.45, 2.75) is 50.4 Å². The van der Waals surface area contributed by atoms with Crippen LogP contribution < -0.4 is 10.1 Å². The van der Waals surface area contributed by atoms with Crippen LogP contribution in [0.15, 0.2) is 24.3 Å². The summed E-state index contributed by atoms with van der Waals surface area (Å²) in [7, 11) is 0. The fourth-order valence-electron chi connectivity index (χ4n) is 2.85. The average molecular weight is 279 g/mol. The van der Waals surface area contributed by atoms with Crippen LogP contribution in [-0.4, -0.2) is 29.9 Å². The summed E-state index contributed by atoms with van der Waals surface area (Å²) in [5, 5.41) is 13.9. The molecular formula is C16H22FNO2. The molecule has 2 aliphatic carbocycles. The van der Waals surface area contributed by atoms with E-state index in [0.717, 1.165) is 31.7 Å². The van der Waals surface area contributed by atoms with Gasteiger partial charge in [-0.1, -0.05) is 6.07 Å². The van der Waals surface area contributed by atoms with Gasteiger partial charge in [-0.2, -0.15) is 0 Å². The van der Waals surface area contributed by atoms with Crippen LogP contribution in [0.25, 0.3) is 0 Å². The Morgan fingerprint density at radius 2 is 2.10 bits per heavy atom. The summed E-state index contributed by atoms with van der Waals surface area (Å²) < 4.78 is 18.9. The lowest BCUT2D eigenvalue weighted by Gasteiger charge is -2.35. The molecule has 2 aliphatic rings. The number of aliphatic hydroxyl groups is 1. The highest BCUT2D eigenvalue weighted by molar-refractivity contribution is 5.23. The standard InChI is InChI=1S/C16H22FNO2/c17-12-3-1-4-13(9-12)20-15-6-2-5-14(16(15)19)18-10-11-7-8-11/h1,3-4,9,11,14-16,18-19H,2,5-8,10H2/t14-,15+,16+/m0/s1. The normalized spacial score (nSPS) is 30.2. The second kappa shape index (κ2) is 6.10. The zero-order chi connectivity index (χ0) is 13.9. The quantitative estimate of drug-likeness (QED) is 0.870. The second-order valence-corrected chi connectivity index (χ2v) is 5.99. The number of benzene rings is 1. The van der Waals surface area contributed by atoms with Gasteiger partial charge in [0.25, 0.3) is 0 Å². The topological polar surface area (TPSA) is 41.5 Å². The van der Waals surface area contributed by atoms with Crippen molar-refractivity contribution in [3.8, 4) is 5.75 Å². The van der Waals surface area contributed by atoms with Crippen LogP contribution in [0.5, 0.6) is 5.75 Å². The summed E-state index contributed by atoms with van der Waals surface area (Å²) in [6, 6.07) is 6.22. The molecule has 0 radical (unpaired) electrons. The molecule has 110 valence electrons. The van der Waals surface area contributed by atoms with Crippen molar-refractivity contribution in [1.82, 2.24) is 5.32 Å². The first-order chi connectivity index (χ1) is 9.72. The third-order valence-electron chi connectivity index (χ3n) is 4.25. The number of aliphatic hydroxyl groups excluding tert-OH is 1. The van der Waals surface area contributed by atoms with Crippen molar-refractivity contribution in [2.75, 3.05) is 6.54 Å². The third kappa shape index (κ3) is 3.49. The van der Waals surface area contributed by atoms with E-state index in [4.69, 9.17) is 4.74 Å². The zero-order valence-electron chi connectivity index (χ0n) is 11.6. The molecule has 3 nitrogen and oxygen atoms in total. The molecule has 1 aromatic carbocycles.